The third kappa shape index (κ3) is 5.51. The van der Waals surface area contributed by atoms with Gasteiger partial charge in [-0.25, -0.2) is 0 Å². The Morgan fingerprint density at radius 2 is 2.00 bits per heavy atom. The van der Waals surface area contributed by atoms with Crippen molar-refractivity contribution >= 4 is 11.8 Å². The van der Waals surface area contributed by atoms with E-state index in [4.69, 9.17) is 9.15 Å². The third-order valence-electron chi connectivity index (χ3n) is 2.56. The third-order valence-corrected chi connectivity index (χ3v) is 3.67. The number of benzene rings is 1. The summed E-state index contributed by atoms with van der Waals surface area (Å²) in [5.74, 6) is 2.36. The Hall–Kier alpha value is -1.23. The van der Waals surface area contributed by atoms with Gasteiger partial charge in [-0.05, 0) is 17.7 Å². The molecule has 102 valence electrons. The number of rotatable bonds is 8. The molecule has 0 bridgehead atoms. The molecule has 0 saturated carbocycles. The van der Waals surface area contributed by atoms with Gasteiger partial charge in [-0.3, -0.25) is 0 Å². The zero-order valence-corrected chi connectivity index (χ0v) is 11.5. The Labute approximate surface area is 117 Å². The van der Waals surface area contributed by atoms with E-state index >= 15 is 0 Å². The van der Waals surface area contributed by atoms with Gasteiger partial charge in [0.1, 0.15) is 5.76 Å². The zero-order valence-electron chi connectivity index (χ0n) is 10.7. The van der Waals surface area contributed by atoms with Gasteiger partial charge >= 0.3 is 0 Å². The minimum Gasteiger partial charge on any atom is -0.468 e. The second-order valence-electron chi connectivity index (χ2n) is 4.25. The van der Waals surface area contributed by atoms with Gasteiger partial charge in [0.15, 0.2) is 0 Å². The van der Waals surface area contributed by atoms with Gasteiger partial charge in [0.2, 0.25) is 0 Å². The topological polar surface area (TPSA) is 42.6 Å². The van der Waals surface area contributed by atoms with Crippen LogP contribution < -0.4 is 0 Å². The first-order chi connectivity index (χ1) is 9.34. The maximum atomic E-state index is 9.78. The summed E-state index contributed by atoms with van der Waals surface area (Å²) in [6.45, 7) is 0.904. The first kappa shape index (κ1) is 14.2. The highest BCUT2D eigenvalue weighted by molar-refractivity contribution is 7.98. The van der Waals surface area contributed by atoms with Crippen LogP contribution in [0.2, 0.25) is 0 Å². The summed E-state index contributed by atoms with van der Waals surface area (Å²) in [7, 11) is 0. The van der Waals surface area contributed by atoms with E-state index in [1.54, 1.807) is 18.0 Å². The van der Waals surface area contributed by atoms with Gasteiger partial charge in [-0.15, -0.1) is 0 Å². The van der Waals surface area contributed by atoms with Gasteiger partial charge in [0.25, 0.3) is 0 Å². The molecule has 0 aliphatic rings. The summed E-state index contributed by atoms with van der Waals surface area (Å²) in [4.78, 5) is 0. The molecular weight excluding hydrogens is 260 g/mol. The summed E-state index contributed by atoms with van der Waals surface area (Å²) < 4.78 is 10.7. The highest BCUT2D eigenvalue weighted by Gasteiger charge is 2.05. The largest absolute Gasteiger partial charge is 0.468 e. The van der Waals surface area contributed by atoms with Crippen molar-refractivity contribution in [3.8, 4) is 0 Å². The Kier molecular flexibility index (Phi) is 6.01. The average Bonchev–Trinajstić information content (AvgIpc) is 2.93. The predicted molar refractivity (Wildman–Crippen MR) is 77.0 cm³/mol. The summed E-state index contributed by atoms with van der Waals surface area (Å²) in [5.41, 5.74) is 1.12. The number of ether oxygens (including phenoxy) is 1. The first-order valence-electron chi connectivity index (χ1n) is 6.24. The zero-order chi connectivity index (χ0) is 13.3. The molecule has 4 heteroatoms. The minimum absolute atomic E-state index is 0.361. The minimum atomic E-state index is -0.441. The molecule has 1 heterocycles. The maximum absolute atomic E-state index is 9.78. The van der Waals surface area contributed by atoms with Crippen molar-refractivity contribution in [3.05, 3.63) is 60.1 Å². The number of hydrogen-bond acceptors (Lipinski definition) is 4. The highest BCUT2D eigenvalue weighted by atomic mass is 32.2. The van der Waals surface area contributed by atoms with Crippen molar-refractivity contribution in [1.29, 1.82) is 0 Å². The average molecular weight is 278 g/mol. The quantitative estimate of drug-likeness (QED) is 0.806. The van der Waals surface area contributed by atoms with Crippen molar-refractivity contribution in [2.24, 2.45) is 0 Å². The Morgan fingerprint density at radius 3 is 2.74 bits per heavy atom. The first-order valence-corrected chi connectivity index (χ1v) is 7.40. The van der Waals surface area contributed by atoms with Gasteiger partial charge in [-0.1, -0.05) is 30.3 Å². The molecule has 0 aliphatic heterocycles. The van der Waals surface area contributed by atoms with Crippen LogP contribution in [0.4, 0.5) is 0 Å². The van der Waals surface area contributed by atoms with E-state index in [-0.39, 0.29) is 0 Å². The summed E-state index contributed by atoms with van der Waals surface area (Å²) in [6, 6.07) is 13.8. The number of aliphatic hydroxyl groups excluding tert-OH is 1. The lowest BCUT2D eigenvalue weighted by Gasteiger charge is -2.10. The lowest BCUT2D eigenvalue weighted by molar-refractivity contribution is 0.0398. The molecule has 0 spiro atoms. The molecule has 2 aromatic rings. The molecule has 0 aliphatic carbocycles. The number of aliphatic hydroxyl groups is 1. The highest BCUT2D eigenvalue weighted by Crippen LogP contribution is 2.13. The van der Waals surface area contributed by atoms with Crippen molar-refractivity contribution in [2.45, 2.75) is 18.5 Å². The summed E-state index contributed by atoms with van der Waals surface area (Å²) in [5, 5.41) is 9.78. The maximum Gasteiger partial charge on any atom is 0.113 e. The SMILES string of the molecule is OC(COCc1ccccc1)CSCc1ccco1. The van der Waals surface area contributed by atoms with Crippen molar-refractivity contribution < 1.29 is 14.3 Å². The fourth-order valence-electron chi connectivity index (χ4n) is 1.63. The fraction of sp³-hybridized carbons (Fsp3) is 0.333. The predicted octanol–water partition coefficient (Wildman–Crippen LogP) is 3.09. The van der Waals surface area contributed by atoms with E-state index in [0.29, 0.717) is 19.0 Å². The van der Waals surface area contributed by atoms with Crippen LogP contribution in [0.5, 0.6) is 0 Å². The van der Waals surface area contributed by atoms with Gasteiger partial charge in [0.05, 0.1) is 31.3 Å². The standard InChI is InChI=1S/C15H18O3S/c16-14(11-19-12-15-7-4-8-18-15)10-17-9-13-5-2-1-3-6-13/h1-8,14,16H,9-12H2. The summed E-state index contributed by atoms with van der Waals surface area (Å²) in [6.07, 6.45) is 1.22. The van der Waals surface area contributed by atoms with Crippen LogP contribution in [0.15, 0.2) is 53.1 Å². The molecule has 1 aromatic heterocycles. The summed E-state index contributed by atoms with van der Waals surface area (Å²) >= 11 is 1.64. The molecule has 3 nitrogen and oxygen atoms in total. The van der Waals surface area contributed by atoms with Crippen LogP contribution in [0.3, 0.4) is 0 Å². The fourth-order valence-corrected chi connectivity index (χ4v) is 2.48. The van der Waals surface area contributed by atoms with Crippen LogP contribution in [-0.2, 0) is 17.1 Å². The molecule has 0 radical (unpaired) electrons. The van der Waals surface area contributed by atoms with Crippen molar-refractivity contribution in [2.75, 3.05) is 12.4 Å². The smallest absolute Gasteiger partial charge is 0.113 e. The molecule has 1 aromatic carbocycles. The van der Waals surface area contributed by atoms with Crippen molar-refractivity contribution in [3.63, 3.8) is 0 Å². The van der Waals surface area contributed by atoms with Crippen LogP contribution >= 0.6 is 11.8 Å². The van der Waals surface area contributed by atoms with Gasteiger partial charge < -0.3 is 14.3 Å². The lowest BCUT2D eigenvalue weighted by Crippen LogP contribution is -2.18. The van der Waals surface area contributed by atoms with Gasteiger partial charge in [0, 0.05) is 5.75 Å². The van der Waals surface area contributed by atoms with Crippen LogP contribution in [0, 0.1) is 0 Å². The molecule has 2 rings (SSSR count). The van der Waals surface area contributed by atoms with E-state index in [2.05, 4.69) is 0 Å². The van der Waals surface area contributed by atoms with E-state index in [9.17, 15) is 5.11 Å². The molecule has 0 amide bonds. The molecule has 1 unspecified atom stereocenters. The Bertz CT molecular complexity index is 442. The second kappa shape index (κ2) is 8.04. The van der Waals surface area contributed by atoms with Crippen LogP contribution in [0.1, 0.15) is 11.3 Å². The van der Waals surface area contributed by atoms with E-state index in [1.807, 2.05) is 42.5 Å². The van der Waals surface area contributed by atoms with Crippen LogP contribution in [-0.4, -0.2) is 23.6 Å². The molecule has 1 atom stereocenters. The number of furan rings is 1. The van der Waals surface area contributed by atoms with Crippen molar-refractivity contribution in [1.82, 2.24) is 0 Å². The Balaban J connectivity index is 1.56. The molecular formula is C15H18O3S. The Morgan fingerprint density at radius 1 is 1.16 bits per heavy atom. The lowest BCUT2D eigenvalue weighted by atomic mass is 10.2. The normalized spacial score (nSPS) is 12.5. The monoisotopic (exact) mass is 278 g/mol. The molecule has 1 N–H and O–H groups in total. The van der Waals surface area contributed by atoms with E-state index in [1.165, 1.54) is 0 Å². The molecule has 0 saturated heterocycles. The van der Waals surface area contributed by atoms with Gasteiger partial charge in [-0.2, -0.15) is 11.8 Å². The molecule has 0 fully saturated rings. The van der Waals surface area contributed by atoms with Crippen LogP contribution in [0.25, 0.3) is 0 Å². The molecule has 19 heavy (non-hydrogen) atoms. The second-order valence-corrected chi connectivity index (χ2v) is 5.28. The van der Waals surface area contributed by atoms with E-state index < -0.39 is 6.10 Å². The van der Waals surface area contributed by atoms with E-state index in [0.717, 1.165) is 17.1 Å². The number of hydrogen-bond donors (Lipinski definition) is 1. The number of thioether (sulfide) groups is 1.